The number of nitrogens with zero attached hydrogens (tertiary/aromatic N) is 1. The lowest BCUT2D eigenvalue weighted by atomic mass is 10.2. The van der Waals surface area contributed by atoms with E-state index in [0.29, 0.717) is 0 Å². The maximum atomic E-state index is 11.5. The lowest BCUT2D eigenvalue weighted by Gasteiger charge is -2.15. The molecule has 1 atom stereocenters. The second kappa shape index (κ2) is 6.35. The largest absolute Gasteiger partial charge is 0.480 e. The Morgan fingerprint density at radius 2 is 1.95 bits per heavy atom. The first-order chi connectivity index (χ1) is 8.95. The number of carbonyl (C=O) groups is 4. The molecule has 0 fully saturated rings. The molecular weight excluding hydrogens is 252 g/mol. The highest BCUT2D eigenvalue weighted by molar-refractivity contribution is 6.13. The van der Waals surface area contributed by atoms with Crippen LogP contribution in [0.25, 0.3) is 0 Å². The lowest BCUT2D eigenvalue weighted by Crippen LogP contribution is -2.42. The molecule has 0 bridgehead atoms. The molecular formula is C12H12N2O5. The molecule has 0 aromatic carbocycles. The van der Waals surface area contributed by atoms with Gasteiger partial charge >= 0.3 is 5.97 Å². The fourth-order valence-corrected chi connectivity index (χ4v) is 1.45. The second-order valence-corrected chi connectivity index (χ2v) is 3.78. The van der Waals surface area contributed by atoms with Gasteiger partial charge in [-0.25, -0.2) is 4.79 Å². The van der Waals surface area contributed by atoms with Crippen molar-refractivity contribution in [1.29, 1.82) is 0 Å². The maximum absolute atomic E-state index is 11.5. The number of carboxylic acids is 1. The van der Waals surface area contributed by atoms with E-state index >= 15 is 0 Å². The van der Waals surface area contributed by atoms with Crippen molar-refractivity contribution < 1.29 is 24.3 Å². The molecule has 0 saturated heterocycles. The van der Waals surface area contributed by atoms with Crippen molar-refractivity contribution in [2.24, 2.45) is 0 Å². The van der Waals surface area contributed by atoms with Crippen molar-refractivity contribution >= 4 is 23.7 Å². The van der Waals surface area contributed by atoms with E-state index in [1.165, 1.54) is 0 Å². The van der Waals surface area contributed by atoms with Gasteiger partial charge in [-0.1, -0.05) is 0 Å². The first-order valence-electron chi connectivity index (χ1n) is 5.45. The molecule has 0 unspecified atom stereocenters. The highest BCUT2D eigenvalue weighted by Gasteiger charge is 2.24. The Balaban J connectivity index is 2.44. The Labute approximate surface area is 109 Å². The summed E-state index contributed by atoms with van der Waals surface area (Å²) in [5, 5.41) is 11.0. The van der Waals surface area contributed by atoms with Crippen LogP contribution in [-0.4, -0.2) is 46.3 Å². The summed E-state index contributed by atoms with van der Waals surface area (Å²) in [4.78, 5) is 45.5. The summed E-state index contributed by atoms with van der Waals surface area (Å²) in [6.07, 6.45) is 6.89. The fourth-order valence-electron chi connectivity index (χ4n) is 1.45. The van der Waals surface area contributed by atoms with Gasteiger partial charge in [-0.05, 0) is 0 Å². The molecule has 7 heteroatoms. The van der Waals surface area contributed by atoms with Crippen LogP contribution in [0.3, 0.4) is 0 Å². The quantitative estimate of drug-likeness (QED) is 0.468. The third-order valence-corrected chi connectivity index (χ3v) is 2.42. The van der Waals surface area contributed by atoms with Crippen LogP contribution in [0.5, 0.6) is 0 Å². The van der Waals surface area contributed by atoms with E-state index < -0.39 is 29.7 Å². The van der Waals surface area contributed by atoms with E-state index in [1.807, 2.05) is 0 Å². The van der Waals surface area contributed by atoms with Gasteiger partial charge in [-0.15, -0.1) is 12.3 Å². The molecule has 0 saturated carbocycles. The minimum absolute atomic E-state index is 0.0983. The Kier molecular flexibility index (Phi) is 4.83. The van der Waals surface area contributed by atoms with E-state index in [4.69, 9.17) is 11.5 Å². The summed E-state index contributed by atoms with van der Waals surface area (Å²) in [6.45, 7) is -0.0983. The molecule has 0 spiro atoms. The third-order valence-electron chi connectivity index (χ3n) is 2.42. The zero-order valence-corrected chi connectivity index (χ0v) is 9.96. The fraction of sp³-hybridized carbons (Fsp3) is 0.333. The Morgan fingerprint density at radius 1 is 1.37 bits per heavy atom. The third kappa shape index (κ3) is 3.96. The average molecular weight is 264 g/mol. The van der Waals surface area contributed by atoms with Gasteiger partial charge in [-0.2, -0.15) is 0 Å². The van der Waals surface area contributed by atoms with Crippen molar-refractivity contribution in [1.82, 2.24) is 10.2 Å². The molecule has 2 N–H and O–H groups in total. The predicted octanol–water partition coefficient (Wildman–Crippen LogP) is -1.11. The number of imide groups is 1. The first kappa shape index (κ1) is 14.4. The van der Waals surface area contributed by atoms with Crippen LogP contribution in [0.15, 0.2) is 12.2 Å². The topological polar surface area (TPSA) is 104 Å². The van der Waals surface area contributed by atoms with Gasteiger partial charge in [0, 0.05) is 31.5 Å². The molecule has 0 aliphatic carbocycles. The minimum atomic E-state index is -1.23. The first-order valence-corrected chi connectivity index (χ1v) is 5.45. The Bertz CT molecular complexity index is 471. The number of hydrogen-bond acceptors (Lipinski definition) is 4. The van der Waals surface area contributed by atoms with Crippen molar-refractivity contribution in [3.8, 4) is 12.3 Å². The number of hydrogen-bond donors (Lipinski definition) is 2. The van der Waals surface area contributed by atoms with E-state index in [0.717, 1.165) is 17.1 Å². The number of nitrogens with one attached hydrogen (secondary N) is 1. The summed E-state index contributed by atoms with van der Waals surface area (Å²) in [5.41, 5.74) is 0. The van der Waals surface area contributed by atoms with Gasteiger partial charge in [0.25, 0.3) is 11.8 Å². The highest BCUT2D eigenvalue weighted by Crippen LogP contribution is 2.04. The molecule has 0 radical (unpaired) electrons. The standard InChI is InChI=1S/C12H12N2O5/c1-2-3-8(12(18)19)13-9(15)6-7-14-10(16)4-5-11(14)17/h1,4-5,8H,3,6-7H2,(H,13,15)(H,18,19)/t8-/m0/s1. The highest BCUT2D eigenvalue weighted by atomic mass is 16.4. The summed E-state index contributed by atoms with van der Waals surface area (Å²) < 4.78 is 0. The monoisotopic (exact) mass is 264 g/mol. The number of amides is 3. The van der Waals surface area contributed by atoms with Gasteiger partial charge in [0.2, 0.25) is 5.91 Å². The summed E-state index contributed by atoms with van der Waals surface area (Å²) in [7, 11) is 0. The van der Waals surface area contributed by atoms with Gasteiger partial charge in [0.05, 0.1) is 0 Å². The SMILES string of the molecule is C#CC[C@H](NC(=O)CCN1C(=O)C=CC1=O)C(=O)O. The molecule has 7 nitrogen and oxygen atoms in total. The van der Waals surface area contributed by atoms with Gasteiger partial charge < -0.3 is 10.4 Å². The van der Waals surface area contributed by atoms with E-state index in [-0.39, 0.29) is 19.4 Å². The van der Waals surface area contributed by atoms with Crippen molar-refractivity contribution in [3.05, 3.63) is 12.2 Å². The molecule has 1 rings (SSSR count). The van der Waals surface area contributed by atoms with Gasteiger partial charge in [-0.3, -0.25) is 19.3 Å². The number of carboxylic acid groups (broad SMARTS) is 1. The van der Waals surface area contributed by atoms with Gasteiger partial charge in [0.1, 0.15) is 6.04 Å². The molecule has 19 heavy (non-hydrogen) atoms. The van der Waals surface area contributed by atoms with Crippen molar-refractivity contribution in [2.45, 2.75) is 18.9 Å². The number of terminal acetylenes is 1. The molecule has 0 aromatic rings. The molecule has 1 aliphatic heterocycles. The predicted molar refractivity (Wildman–Crippen MR) is 63.5 cm³/mol. The zero-order chi connectivity index (χ0) is 14.4. The van der Waals surface area contributed by atoms with Crippen LogP contribution in [-0.2, 0) is 19.2 Å². The van der Waals surface area contributed by atoms with Crippen LogP contribution < -0.4 is 5.32 Å². The second-order valence-electron chi connectivity index (χ2n) is 3.78. The smallest absolute Gasteiger partial charge is 0.327 e. The molecule has 1 heterocycles. The number of carbonyl (C=O) groups excluding carboxylic acids is 3. The summed E-state index contributed by atoms with van der Waals surface area (Å²) >= 11 is 0. The zero-order valence-electron chi connectivity index (χ0n) is 9.96. The van der Waals surface area contributed by atoms with Crippen LogP contribution in [0.2, 0.25) is 0 Å². The maximum Gasteiger partial charge on any atom is 0.327 e. The van der Waals surface area contributed by atoms with E-state index in [1.54, 1.807) is 0 Å². The normalized spacial score (nSPS) is 15.2. The molecule has 100 valence electrons. The van der Waals surface area contributed by atoms with Crippen LogP contribution in [0.4, 0.5) is 0 Å². The van der Waals surface area contributed by atoms with E-state index in [2.05, 4.69) is 11.2 Å². The molecule has 3 amide bonds. The number of aliphatic carboxylic acids is 1. The van der Waals surface area contributed by atoms with Crippen LogP contribution in [0.1, 0.15) is 12.8 Å². The Morgan fingerprint density at radius 3 is 2.42 bits per heavy atom. The van der Waals surface area contributed by atoms with Crippen molar-refractivity contribution in [3.63, 3.8) is 0 Å². The van der Waals surface area contributed by atoms with Crippen molar-refractivity contribution in [2.75, 3.05) is 6.54 Å². The van der Waals surface area contributed by atoms with Crippen LogP contribution in [0, 0.1) is 12.3 Å². The summed E-state index contributed by atoms with van der Waals surface area (Å²) in [5.74, 6) is -0.660. The van der Waals surface area contributed by atoms with Gasteiger partial charge in [0.15, 0.2) is 0 Å². The molecule has 0 aromatic heterocycles. The Hall–Kier alpha value is -2.62. The number of rotatable bonds is 6. The summed E-state index contributed by atoms with van der Waals surface area (Å²) in [6, 6.07) is -1.17. The minimum Gasteiger partial charge on any atom is -0.480 e. The average Bonchev–Trinajstić information content (AvgIpc) is 2.66. The van der Waals surface area contributed by atoms with Crippen LogP contribution >= 0.6 is 0 Å². The molecule has 1 aliphatic rings. The van der Waals surface area contributed by atoms with E-state index in [9.17, 15) is 19.2 Å². The lowest BCUT2D eigenvalue weighted by molar-refractivity contribution is -0.142.